The number of halogens is 1. The molecule has 2 N–H and O–H groups in total. The maximum absolute atomic E-state index is 14.6. The summed E-state index contributed by atoms with van der Waals surface area (Å²) in [7, 11) is 0. The van der Waals surface area contributed by atoms with Gasteiger partial charge in [0.15, 0.2) is 5.82 Å². The summed E-state index contributed by atoms with van der Waals surface area (Å²) in [6.45, 7) is 7.10. The molecule has 0 fully saturated rings. The summed E-state index contributed by atoms with van der Waals surface area (Å²) < 4.78 is 16.1. The number of nitrogens with one attached hydrogen (secondary N) is 2. The van der Waals surface area contributed by atoms with Gasteiger partial charge in [0.2, 0.25) is 5.91 Å². The summed E-state index contributed by atoms with van der Waals surface area (Å²) in [5.41, 5.74) is 3.83. The number of aryl methyl sites for hydroxylation is 3. The molecule has 154 valence electrons. The zero-order valence-electron chi connectivity index (χ0n) is 17.3. The smallest absolute Gasteiger partial charge is 0.266 e. The number of H-pyrrole nitrogens is 1. The second-order valence-corrected chi connectivity index (χ2v) is 7.22. The van der Waals surface area contributed by atoms with Crippen molar-refractivity contribution >= 4 is 11.6 Å². The van der Waals surface area contributed by atoms with Crippen molar-refractivity contribution in [1.29, 1.82) is 5.26 Å². The minimum absolute atomic E-state index is 0.0535. The molecule has 0 aliphatic heterocycles. The number of aromatic nitrogens is 3. The highest BCUT2D eigenvalue weighted by atomic mass is 19.1. The van der Waals surface area contributed by atoms with Gasteiger partial charge < -0.3 is 10.3 Å². The quantitative estimate of drug-likeness (QED) is 0.677. The maximum Gasteiger partial charge on any atom is 0.266 e. The molecule has 30 heavy (non-hydrogen) atoms. The van der Waals surface area contributed by atoms with Gasteiger partial charge in [0.1, 0.15) is 17.3 Å². The van der Waals surface area contributed by atoms with Crippen molar-refractivity contribution in [2.75, 3.05) is 5.32 Å². The fourth-order valence-corrected chi connectivity index (χ4v) is 3.51. The molecule has 0 radical (unpaired) electrons. The number of nitrogens with zero attached hydrogens (tertiary/aromatic N) is 3. The molecule has 7 nitrogen and oxygen atoms in total. The van der Waals surface area contributed by atoms with Gasteiger partial charge in [0, 0.05) is 23.5 Å². The molecule has 0 aliphatic carbocycles. The number of carbonyl (C=O) groups excluding carboxylic acids is 1. The first kappa shape index (κ1) is 21.0. The third-order valence-electron chi connectivity index (χ3n) is 4.99. The van der Waals surface area contributed by atoms with E-state index in [0.29, 0.717) is 29.1 Å². The zero-order valence-corrected chi connectivity index (χ0v) is 17.3. The standard InChI is InChI=1S/C22H22FN5O2/c1-12-9-13(2)28(27-12)20-7-5-16(10-19(20)23)26-21(29)8-6-17-14(3)18(11-24)22(30)25-15(17)4/h5,7,9-10H,6,8H2,1-4H3,(H,25,30)(H,26,29). The summed E-state index contributed by atoms with van der Waals surface area (Å²) in [6, 6.07) is 8.20. The van der Waals surface area contributed by atoms with Gasteiger partial charge in [-0.15, -0.1) is 0 Å². The fourth-order valence-electron chi connectivity index (χ4n) is 3.51. The minimum atomic E-state index is -0.495. The minimum Gasteiger partial charge on any atom is -0.326 e. The summed E-state index contributed by atoms with van der Waals surface area (Å²) in [5, 5.41) is 16.1. The molecule has 1 aromatic carbocycles. The third-order valence-corrected chi connectivity index (χ3v) is 4.99. The lowest BCUT2D eigenvalue weighted by Crippen LogP contribution is -2.18. The second kappa shape index (κ2) is 8.33. The molecule has 2 heterocycles. The highest BCUT2D eigenvalue weighted by Crippen LogP contribution is 2.21. The van der Waals surface area contributed by atoms with Gasteiger partial charge >= 0.3 is 0 Å². The van der Waals surface area contributed by atoms with Crippen molar-refractivity contribution in [2.24, 2.45) is 0 Å². The molecule has 0 atom stereocenters. The lowest BCUT2D eigenvalue weighted by atomic mass is 9.99. The molecule has 2 aromatic heterocycles. The Morgan fingerprint density at radius 3 is 2.60 bits per heavy atom. The first-order valence-corrected chi connectivity index (χ1v) is 9.46. The van der Waals surface area contributed by atoms with E-state index in [1.54, 1.807) is 26.0 Å². The van der Waals surface area contributed by atoms with Crippen LogP contribution in [0.5, 0.6) is 0 Å². The largest absolute Gasteiger partial charge is 0.326 e. The Labute approximate surface area is 173 Å². The van der Waals surface area contributed by atoms with Gasteiger partial charge in [0.05, 0.1) is 5.69 Å². The summed E-state index contributed by atoms with van der Waals surface area (Å²) in [5.74, 6) is -0.790. The van der Waals surface area contributed by atoms with Crippen LogP contribution in [-0.2, 0) is 11.2 Å². The number of rotatable bonds is 5. The van der Waals surface area contributed by atoms with Crippen LogP contribution in [-0.4, -0.2) is 20.7 Å². The monoisotopic (exact) mass is 407 g/mol. The van der Waals surface area contributed by atoms with Gasteiger partial charge in [-0.3, -0.25) is 9.59 Å². The van der Waals surface area contributed by atoms with Crippen molar-refractivity contribution in [3.8, 4) is 11.8 Å². The van der Waals surface area contributed by atoms with Gasteiger partial charge in [-0.05, 0) is 69.5 Å². The SMILES string of the molecule is Cc1cc(C)n(-c2ccc(NC(=O)CCc3c(C)[nH]c(=O)c(C#N)c3C)cc2F)n1. The van der Waals surface area contributed by atoms with Crippen LogP contribution < -0.4 is 10.9 Å². The van der Waals surface area contributed by atoms with Crippen LogP contribution in [0.2, 0.25) is 0 Å². The van der Waals surface area contributed by atoms with Crippen LogP contribution in [0.4, 0.5) is 10.1 Å². The summed E-state index contributed by atoms with van der Waals surface area (Å²) in [4.78, 5) is 26.8. The number of amides is 1. The Morgan fingerprint density at radius 2 is 2.00 bits per heavy atom. The average molecular weight is 407 g/mol. The number of carbonyl (C=O) groups is 1. The molecule has 0 unspecified atom stereocenters. The zero-order chi connectivity index (χ0) is 22.0. The number of aromatic amines is 1. The van der Waals surface area contributed by atoms with E-state index >= 15 is 0 Å². The van der Waals surface area contributed by atoms with E-state index in [4.69, 9.17) is 5.26 Å². The number of pyridine rings is 1. The van der Waals surface area contributed by atoms with Crippen LogP contribution in [0, 0.1) is 44.8 Å². The van der Waals surface area contributed by atoms with Crippen LogP contribution in [0.25, 0.3) is 5.69 Å². The van der Waals surface area contributed by atoms with E-state index in [-0.39, 0.29) is 17.9 Å². The van der Waals surface area contributed by atoms with Gasteiger partial charge in [-0.1, -0.05) is 0 Å². The predicted octanol–water partition coefficient (Wildman–Crippen LogP) is 3.38. The summed E-state index contributed by atoms with van der Waals surface area (Å²) in [6.07, 6.45) is 0.473. The van der Waals surface area contributed by atoms with Gasteiger partial charge in [-0.25, -0.2) is 9.07 Å². The van der Waals surface area contributed by atoms with Crippen LogP contribution in [0.3, 0.4) is 0 Å². The van der Waals surface area contributed by atoms with Crippen molar-refractivity contribution in [2.45, 2.75) is 40.5 Å². The Balaban J connectivity index is 1.72. The molecule has 0 spiro atoms. The number of anilines is 1. The number of benzene rings is 1. The van der Waals surface area contributed by atoms with E-state index in [1.165, 1.54) is 10.7 Å². The first-order chi connectivity index (χ1) is 14.2. The van der Waals surface area contributed by atoms with Crippen molar-refractivity contribution in [3.63, 3.8) is 0 Å². The molecule has 8 heteroatoms. The van der Waals surface area contributed by atoms with Crippen molar-refractivity contribution < 1.29 is 9.18 Å². The number of nitriles is 1. The van der Waals surface area contributed by atoms with Gasteiger partial charge in [-0.2, -0.15) is 10.4 Å². The van der Waals surface area contributed by atoms with E-state index in [1.807, 2.05) is 26.0 Å². The van der Waals surface area contributed by atoms with E-state index in [2.05, 4.69) is 15.4 Å². The van der Waals surface area contributed by atoms with E-state index in [0.717, 1.165) is 17.0 Å². The van der Waals surface area contributed by atoms with Crippen LogP contribution in [0.15, 0.2) is 29.1 Å². The predicted molar refractivity (Wildman–Crippen MR) is 111 cm³/mol. The Bertz CT molecular complexity index is 1230. The molecular weight excluding hydrogens is 385 g/mol. The lowest BCUT2D eigenvalue weighted by Gasteiger charge is -2.12. The molecule has 0 bridgehead atoms. The summed E-state index contributed by atoms with van der Waals surface area (Å²) >= 11 is 0. The fraction of sp³-hybridized carbons (Fsp3) is 0.273. The molecule has 0 saturated carbocycles. The van der Waals surface area contributed by atoms with Crippen LogP contribution in [0.1, 0.15) is 40.2 Å². The average Bonchev–Trinajstić information content (AvgIpc) is 2.99. The normalized spacial score (nSPS) is 10.7. The Morgan fingerprint density at radius 1 is 1.27 bits per heavy atom. The molecule has 3 aromatic rings. The van der Waals surface area contributed by atoms with E-state index < -0.39 is 11.4 Å². The molecule has 0 saturated heterocycles. The lowest BCUT2D eigenvalue weighted by molar-refractivity contribution is -0.116. The highest BCUT2D eigenvalue weighted by Gasteiger charge is 2.14. The second-order valence-electron chi connectivity index (χ2n) is 7.22. The highest BCUT2D eigenvalue weighted by molar-refractivity contribution is 5.91. The third kappa shape index (κ3) is 4.15. The number of hydrogen-bond donors (Lipinski definition) is 2. The Hall–Kier alpha value is -3.73. The maximum atomic E-state index is 14.6. The Kier molecular flexibility index (Phi) is 5.83. The molecule has 0 aliphatic rings. The molecule has 1 amide bonds. The van der Waals surface area contributed by atoms with Gasteiger partial charge in [0.25, 0.3) is 5.56 Å². The van der Waals surface area contributed by atoms with Crippen molar-refractivity contribution in [1.82, 2.24) is 14.8 Å². The number of hydrogen-bond acceptors (Lipinski definition) is 4. The topological polar surface area (TPSA) is 104 Å². The first-order valence-electron chi connectivity index (χ1n) is 9.46. The van der Waals surface area contributed by atoms with E-state index in [9.17, 15) is 14.0 Å². The molecule has 3 rings (SSSR count). The van der Waals surface area contributed by atoms with Crippen LogP contribution >= 0.6 is 0 Å². The van der Waals surface area contributed by atoms with Crippen molar-refractivity contribution in [3.05, 3.63) is 74.2 Å². The molecular formula is C22H22FN5O2.